The van der Waals surface area contributed by atoms with Crippen molar-refractivity contribution >= 4 is 5.97 Å². The maximum atomic E-state index is 14.0. The van der Waals surface area contributed by atoms with E-state index in [1.165, 1.54) is 19.1 Å². The molecule has 100 valence electrons. The number of hydrogen-bond acceptors (Lipinski definition) is 2. The monoisotopic (exact) mass is 256 g/mol. The molecule has 0 amide bonds. The van der Waals surface area contributed by atoms with Gasteiger partial charge in [0.1, 0.15) is 0 Å². The van der Waals surface area contributed by atoms with E-state index in [2.05, 4.69) is 4.74 Å². The first-order valence-electron chi connectivity index (χ1n) is 6.03. The number of esters is 1. The number of benzene rings is 1. The number of ether oxygens (including phenoxy) is 1. The van der Waals surface area contributed by atoms with Crippen LogP contribution in [0.15, 0.2) is 24.3 Å². The van der Waals surface area contributed by atoms with Crippen molar-refractivity contribution < 1.29 is 18.3 Å². The second-order valence-corrected chi connectivity index (χ2v) is 4.55. The number of rotatable bonds is 5. The summed E-state index contributed by atoms with van der Waals surface area (Å²) in [6, 6.07) is 6.12. The van der Waals surface area contributed by atoms with E-state index in [4.69, 9.17) is 0 Å². The van der Waals surface area contributed by atoms with E-state index < -0.39 is 11.9 Å². The number of hydrogen-bond donors (Lipinski definition) is 0. The molecule has 0 bridgehead atoms. The first kappa shape index (κ1) is 14.6. The van der Waals surface area contributed by atoms with E-state index in [1.807, 2.05) is 13.8 Å². The Bertz CT molecular complexity index is 414. The summed E-state index contributed by atoms with van der Waals surface area (Å²) in [7, 11) is 0. The Morgan fingerprint density at radius 3 is 2.50 bits per heavy atom. The van der Waals surface area contributed by atoms with Crippen LogP contribution in [-0.4, -0.2) is 12.6 Å². The predicted octanol–water partition coefficient (Wildman–Crippen LogP) is 3.54. The van der Waals surface area contributed by atoms with Gasteiger partial charge in [-0.25, -0.2) is 4.79 Å². The average Bonchev–Trinajstić information content (AvgIpc) is 2.29. The molecular formula is C14H18F2O2. The van der Waals surface area contributed by atoms with Crippen molar-refractivity contribution in [2.75, 3.05) is 6.61 Å². The number of alkyl halides is 2. The highest BCUT2D eigenvalue weighted by molar-refractivity contribution is 5.79. The van der Waals surface area contributed by atoms with Gasteiger partial charge in [-0.15, -0.1) is 0 Å². The molecule has 0 aromatic heterocycles. The topological polar surface area (TPSA) is 26.3 Å². The molecule has 1 rings (SSSR count). The fraction of sp³-hybridized carbons (Fsp3) is 0.500. The first-order valence-corrected chi connectivity index (χ1v) is 6.03. The zero-order valence-electron chi connectivity index (χ0n) is 10.9. The highest BCUT2D eigenvalue weighted by Crippen LogP contribution is 2.33. The molecular weight excluding hydrogens is 238 g/mol. The van der Waals surface area contributed by atoms with Gasteiger partial charge < -0.3 is 4.74 Å². The van der Waals surface area contributed by atoms with Crippen molar-refractivity contribution in [1.29, 1.82) is 0 Å². The largest absolute Gasteiger partial charge is 0.461 e. The number of carbonyl (C=O) groups excluding carboxylic acids is 1. The van der Waals surface area contributed by atoms with Crippen molar-refractivity contribution in [3.63, 3.8) is 0 Å². The molecule has 0 N–H and O–H groups in total. The molecule has 0 saturated heterocycles. The zero-order chi connectivity index (χ0) is 13.8. The molecule has 0 radical (unpaired) electrons. The van der Waals surface area contributed by atoms with E-state index in [9.17, 15) is 13.6 Å². The minimum atomic E-state index is -3.58. The molecule has 0 heterocycles. The number of carbonyl (C=O) groups is 1. The third-order valence-electron chi connectivity index (χ3n) is 2.52. The third-order valence-corrected chi connectivity index (χ3v) is 2.52. The molecule has 0 aliphatic rings. The highest BCUT2D eigenvalue weighted by atomic mass is 19.3. The molecule has 0 unspecified atom stereocenters. The SMILES string of the molecule is CCOC(=O)C(F)(F)c1ccccc1CC(C)C. The summed E-state index contributed by atoms with van der Waals surface area (Å²) < 4.78 is 32.4. The van der Waals surface area contributed by atoms with Gasteiger partial charge >= 0.3 is 11.9 Å². The normalized spacial score (nSPS) is 11.7. The summed E-state index contributed by atoms with van der Waals surface area (Å²) in [6.07, 6.45) is 0.505. The van der Waals surface area contributed by atoms with Crippen LogP contribution in [-0.2, 0) is 21.9 Å². The van der Waals surface area contributed by atoms with Gasteiger partial charge in [0.25, 0.3) is 0 Å². The fourth-order valence-corrected chi connectivity index (χ4v) is 1.78. The lowest BCUT2D eigenvalue weighted by atomic mass is 9.94. The molecule has 0 aliphatic carbocycles. The Balaban J connectivity index is 3.10. The first-order chi connectivity index (χ1) is 8.39. The van der Waals surface area contributed by atoms with Crippen molar-refractivity contribution in [2.24, 2.45) is 5.92 Å². The summed E-state index contributed by atoms with van der Waals surface area (Å²) in [5.41, 5.74) is 0.239. The Morgan fingerprint density at radius 2 is 1.94 bits per heavy atom. The molecule has 0 fully saturated rings. The molecule has 0 aliphatic heterocycles. The average molecular weight is 256 g/mol. The lowest BCUT2D eigenvalue weighted by molar-refractivity contribution is -0.173. The smallest absolute Gasteiger partial charge is 0.381 e. The van der Waals surface area contributed by atoms with Gasteiger partial charge in [-0.1, -0.05) is 38.1 Å². The van der Waals surface area contributed by atoms with Crippen LogP contribution in [0.4, 0.5) is 8.78 Å². The summed E-state index contributed by atoms with van der Waals surface area (Å²) in [5.74, 6) is -4.83. The van der Waals surface area contributed by atoms with Crippen LogP contribution < -0.4 is 0 Å². The Hall–Kier alpha value is -1.45. The van der Waals surface area contributed by atoms with Crippen molar-refractivity contribution in [2.45, 2.75) is 33.1 Å². The molecule has 4 heteroatoms. The third kappa shape index (κ3) is 3.28. The lowest BCUT2D eigenvalue weighted by Gasteiger charge is -2.19. The van der Waals surface area contributed by atoms with E-state index in [1.54, 1.807) is 12.1 Å². The molecule has 18 heavy (non-hydrogen) atoms. The fourth-order valence-electron chi connectivity index (χ4n) is 1.78. The lowest BCUT2D eigenvalue weighted by Crippen LogP contribution is -2.29. The molecule has 0 spiro atoms. The summed E-state index contributed by atoms with van der Waals surface area (Å²) in [6.45, 7) is 5.34. The second kappa shape index (κ2) is 5.94. The van der Waals surface area contributed by atoms with Gasteiger partial charge in [0.15, 0.2) is 0 Å². The van der Waals surface area contributed by atoms with Crippen LogP contribution >= 0.6 is 0 Å². The summed E-state index contributed by atoms with van der Waals surface area (Å²) in [4.78, 5) is 11.3. The van der Waals surface area contributed by atoms with Crippen LogP contribution in [0.25, 0.3) is 0 Å². The zero-order valence-corrected chi connectivity index (χ0v) is 10.9. The van der Waals surface area contributed by atoms with Crippen LogP contribution in [0.3, 0.4) is 0 Å². The van der Waals surface area contributed by atoms with Gasteiger partial charge in [0, 0.05) is 5.56 Å². The maximum absolute atomic E-state index is 14.0. The highest BCUT2D eigenvalue weighted by Gasteiger charge is 2.44. The van der Waals surface area contributed by atoms with Crippen molar-refractivity contribution in [1.82, 2.24) is 0 Å². The van der Waals surface area contributed by atoms with Gasteiger partial charge in [-0.05, 0) is 24.8 Å². The van der Waals surface area contributed by atoms with Crippen LogP contribution in [0, 0.1) is 5.92 Å². The molecule has 1 aromatic rings. The van der Waals surface area contributed by atoms with Crippen molar-refractivity contribution in [3.8, 4) is 0 Å². The molecule has 1 aromatic carbocycles. The maximum Gasteiger partial charge on any atom is 0.381 e. The van der Waals surface area contributed by atoms with Crippen LogP contribution in [0.2, 0.25) is 0 Å². The minimum Gasteiger partial charge on any atom is -0.461 e. The van der Waals surface area contributed by atoms with Crippen LogP contribution in [0.5, 0.6) is 0 Å². The number of halogens is 2. The standard InChI is InChI=1S/C14H18F2O2/c1-4-18-13(17)14(15,16)12-8-6-5-7-11(12)9-10(2)3/h5-8,10H,4,9H2,1-3H3. The quantitative estimate of drug-likeness (QED) is 0.753. The Kier molecular flexibility index (Phi) is 4.82. The van der Waals surface area contributed by atoms with E-state index in [-0.39, 0.29) is 18.1 Å². The van der Waals surface area contributed by atoms with Gasteiger partial charge in [0.2, 0.25) is 0 Å². The molecule has 2 nitrogen and oxygen atoms in total. The Morgan fingerprint density at radius 1 is 1.33 bits per heavy atom. The predicted molar refractivity (Wildman–Crippen MR) is 65.5 cm³/mol. The summed E-state index contributed by atoms with van der Waals surface area (Å²) >= 11 is 0. The summed E-state index contributed by atoms with van der Waals surface area (Å²) in [5, 5.41) is 0. The second-order valence-electron chi connectivity index (χ2n) is 4.55. The van der Waals surface area contributed by atoms with Crippen LogP contribution in [0.1, 0.15) is 31.9 Å². The van der Waals surface area contributed by atoms with Crippen molar-refractivity contribution in [3.05, 3.63) is 35.4 Å². The van der Waals surface area contributed by atoms with Gasteiger partial charge in [0.05, 0.1) is 6.61 Å². The minimum absolute atomic E-state index is 0.0548. The molecule has 0 saturated carbocycles. The molecule has 0 atom stereocenters. The Labute approximate surface area is 106 Å². The van der Waals surface area contributed by atoms with E-state index in [0.29, 0.717) is 12.0 Å². The van der Waals surface area contributed by atoms with E-state index in [0.717, 1.165) is 0 Å². The van der Waals surface area contributed by atoms with Gasteiger partial charge in [-0.2, -0.15) is 8.78 Å². The van der Waals surface area contributed by atoms with E-state index >= 15 is 0 Å². The van der Waals surface area contributed by atoms with Gasteiger partial charge in [-0.3, -0.25) is 0 Å².